The van der Waals surface area contributed by atoms with E-state index in [1.54, 1.807) is 6.92 Å². The molecule has 0 fully saturated rings. The average Bonchev–Trinajstić information content (AvgIpc) is 2.26. The highest BCUT2D eigenvalue weighted by molar-refractivity contribution is 8.00. The van der Waals surface area contributed by atoms with Crippen LogP contribution in [0.2, 0.25) is 0 Å². The average molecular weight is 284 g/mol. The van der Waals surface area contributed by atoms with E-state index in [0.29, 0.717) is 0 Å². The third kappa shape index (κ3) is 4.25. The number of rotatable bonds is 6. The Morgan fingerprint density at radius 3 is 2.63 bits per heavy atom. The predicted octanol–water partition coefficient (Wildman–Crippen LogP) is 1.65. The van der Waals surface area contributed by atoms with E-state index in [1.807, 2.05) is 0 Å². The highest BCUT2D eigenvalue weighted by Crippen LogP contribution is 2.33. The van der Waals surface area contributed by atoms with E-state index in [-0.39, 0.29) is 27.8 Å². The summed E-state index contributed by atoms with van der Waals surface area (Å²) in [6.45, 7) is 1.64. The Labute approximate surface area is 112 Å². The van der Waals surface area contributed by atoms with Crippen molar-refractivity contribution in [3.8, 4) is 0 Å². The van der Waals surface area contributed by atoms with Gasteiger partial charge in [-0.2, -0.15) is 0 Å². The first-order valence-corrected chi connectivity index (χ1v) is 6.16. The molecule has 0 aliphatic heterocycles. The van der Waals surface area contributed by atoms with Gasteiger partial charge in [-0.25, -0.2) is 0 Å². The second kappa shape index (κ2) is 6.19. The molecule has 0 radical (unpaired) electrons. The van der Waals surface area contributed by atoms with Gasteiger partial charge in [-0.3, -0.25) is 19.7 Å². The molecule has 3 N–H and O–H groups in total. The van der Waals surface area contributed by atoms with Gasteiger partial charge in [0.25, 0.3) is 5.69 Å². The smallest absolute Gasteiger partial charge is 0.304 e. The molecule has 102 valence electrons. The first kappa shape index (κ1) is 15.0. The molecule has 1 aromatic rings. The normalized spacial score (nSPS) is 11.8. The fraction of sp³-hybridized carbons (Fsp3) is 0.273. The number of carboxylic acids is 1. The lowest BCUT2D eigenvalue weighted by atomic mass is 10.2. The van der Waals surface area contributed by atoms with Crippen molar-refractivity contribution in [2.75, 3.05) is 0 Å². The fourth-order valence-corrected chi connectivity index (χ4v) is 2.53. The van der Waals surface area contributed by atoms with E-state index in [1.165, 1.54) is 18.2 Å². The number of carboxylic acid groups (broad SMARTS) is 1. The summed E-state index contributed by atoms with van der Waals surface area (Å²) in [7, 11) is 0. The Kier molecular flexibility index (Phi) is 4.87. The van der Waals surface area contributed by atoms with Crippen molar-refractivity contribution in [3.63, 3.8) is 0 Å². The summed E-state index contributed by atoms with van der Waals surface area (Å²) >= 11 is 1.03. The molecule has 0 bridgehead atoms. The molecule has 0 aliphatic carbocycles. The lowest BCUT2D eigenvalue weighted by molar-refractivity contribution is -0.387. The molecule has 0 aromatic heterocycles. The van der Waals surface area contributed by atoms with Crippen molar-refractivity contribution in [3.05, 3.63) is 33.9 Å². The fourth-order valence-electron chi connectivity index (χ4n) is 1.42. The number of carbonyl (C=O) groups is 2. The summed E-state index contributed by atoms with van der Waals surface area (Å²) in [5, 5.41) is 19.2. The zero-order valence-electron chi connectivity index (χ0n) is 10.0. The van der Waals surface area contributed by atoms with Crippen molar-refractivity contribution in [1.82, 2.24) is 0 Å². The Morgan fingerprint density at radius 1 is 1.53 bits per heavy atom. The molecule has 0 aliphatic rings. The summed E-state index contributed by atoms with van der Waals surface area (Å²) < 4.78 is 0. The van der Waals surface area contributed by atoms with Gasteiger partial charge in [0.15, 0.2) is 0 Å². The molecule has 0 heterocycles. The minimum atomic E-state index is -0.992. The molecular weight excluding hydrogens is 272 g/mol. The predicted molar refractivity (Wildman–Crippen MR) is 69.2 cm³/mol. The number of nitro benzene ring substituents is 1. The molecule has 1 rings (SSSR count). The zero-order valence-corrected chi connectivity index (χ0v) is 10.8. The Morgan fingerprint density at radius 2 is 2.16 bits per heavy atom. The first-order valence-electron chi connectivity index (χ1n) is 5.28. The van der Waals surface area contributed by atoms with Crippen LogP contribution in [0.1, 0.15) is 23.7 Å². The van der Waals surface area contributed by atoms with Gasteiger partial charge in [-0.05, 0) is 12.1 Å². The number of nitrogens with zero attached hydrogens (tertiary/aromatic N) is 1. The van der Waals surface area contributed by atoms with E-state index in [2.05, 4.69) is 0 Å². The number of hydrogen-bond acceptors (Lipinski definition) is 5. The van der Waals surface area contributed by atoms with Crippen molar-refractivity contribution < 1.29 is 19.6 Å². The van der Waals surface area contributed by atoms with Crippen molar-refractivity contribution in [1.29, 1.82) is 0 Å². The molecule has 1 aromatic carbocycles. The number of primary amides is 1. The molecule has 0 spiro atoms. The third-order valence-corrected chi connectivity index (χ3v) is 3.38. The van der Waals surface area contributed by atoms with Crippen LogP contribution in [0, 0.1) is 10.1 Å². The number of thioether (sulfide) groups is 1. The van der Waals surface area contributed by atoms with Gasteiger partial charge in [0.2, 0.25) is 5.91 Å². The van der Waals surface area contributed by atoms with Gasteiger partial charge in [-0.1, -0.05) is 6.92 Å². The summed E-state index contributed by atoms with van der Waals surface area (Å²) in [4.78, 5) is 32.1. The minimum Gasteiger partial charge on any atom is -0.481 e. The number of benzene rings is 1. The topological polar surface area (TPSA) is 124 Å². The lowest BCUT2D eigenvalue weighted by Crippen LogP contribution is -2.11. The standard InChI is InChI=1S/C11H12N2O5S/c1-6(4-10(14)15)19-9-5-7(11(12)16)2-3-8(9)13(17)18/h2-3,5-6H,4H2,1H3,(H2,12,16)(H,14,15). The second-order valence-electron chi connectivity index (χ2n) is 3.83. The van der Waals surface area contributed by atoms with Crippen molar-refractivity contribution in [2.45, 2.75) is 23.5 Å². The summed E-state index contributed by atoms with van der Waals surface area (Å²) in [5.41, 5.74) is 5.08. The van der Waals surface area contributed by atoms with Crippen LogP contribution in [-0.4, -0.2) is 27.2 Å². The maximum atomic E-state index is 11.0. The van der Waals surface area contributed by atoms with E-state index in [0.717, 1.165) is 11.8 Å². The summed E-state index contributed by atoms with van der Waals surface area (Å²) in [5.74, 6) is -1.68. The number of amides is 1. The number of nitro groups is 1. The molecule has 1 atom stereocenters. The van der Waals surface area contributed by atoms with Crippen LogP contribution < -0.4 is 5.73 Å². The SMILES string of the molecule is CC(CC(=O)O)Sc1cc(C(N)=O)ccc1[N+](=O)[O-]. The van der Waals surface area contributed by atoms with Gasteiger partial charge >= 0.3 is 5.97 Å². The van der Waals surface area contributed by atoms with Gasteiger partial charge in [0.1, 0.15) is 0 Å². The number of carbonyl (C=O) groups excluding carboxylic acids is 1. The molecule has 7 nitrogen and oxygen atoms in total. The first-order chi connectivity index (χ1) is 8.81. The van der Waals surface area contributed by atoms with Crippen LogP contribution in [-0.2, 0) is 4.79 Å². The van der Waals surface area contributed by atoms with E-state index < -0.39 is 16.8 Å². The number of hydrogen-bond donors (Lipinski definition) is 2. The maximum Gasteiger partial charge on any atom is 0.304 e. The molecule has 0 saturated heterocycles. The van der Waals surface area contributed by atoms with Crippen LogP contribution >= 0.6 is 11.8 Å². The Balaban J connectivity index is 3.07. The lowest BCUT2D eigenvalue weighted by Gasteiger charge is -2.09. The zero-order chi connectivity index (χ0) is 14.6. The molecule has 1 amide bonds. The van der Waals surface area contributed by atoms with Gasteiger partial charge in [0.05, 0.1) is 16.2 Å². The Bertz CT molecular complexity index is 532. The van der Waals surface area contributed by atoms with E-state index in [9.17, 15) is 19.7 Å². The van der Waals surface area contributed by atoms with E-state index >= 15 is 0 Å². The van der Waals surface area contributed by atoms with Gasteiger partial charge < -0.3 is 10.8 Å². The monoisotopic (exact) mass is 284 g/mol. The van der Waals surface area contributed by atoms with Crippen LogP contribution in [0.4, 0.5) is 5.69 Å². The summed E-state index contributed by atoms with van der Waals surface area (Å²) in [6, 6.07) is 3.77. The van der Waals surface area contributed by atoms with Gasteiger partial charge in [-0.15, -0.1) is 11.8 Å². The van der Waals surface area contributed by atoms with Crippen LogP contribution in [0.15, 0.2) is 23.1 Å². The highest BCUT2D eigenvalue weighted by atomic mass is 32.2. The Hall–Kier alpha value is -2.09. The largest absolute Gasteiger partial charge is 0.481 e. The molecule has 1 unspecified atom stereocenters. The quantitative estimate of drug-likeness (QED) is 0.465. The molecular formula is C11H12N2O5S. The second-order valence-corrected chi connectivity index (χ2v) is 5.31. The number of nitrogens with two attached hydrogens (primary N) is 1. The van der Waals surface area contributed by atoms with Crippen LogP contribution in [0.5, 0.6) is 0 Å². The minimum absolute atomic E-state index is 0.136. The number of aliphatic carboxylic acids is 1. The third-order valence-electron chi connectivity index (χ3n) is 2.23. The van der Waals surface area contributed by atoms with Crippen LogP contribution in [0.3, 0.4) is 0 Å². The highest BCUT2D eigenvalue weighted by Gasteiger charge is 2.19. The van der Waals surface area contributed by atoms with E-state index in [4.69, 9.17) is 10.8 Å². The van der Waals surface area contributed by atoms with Crippen molar-refractivity contribution in [2.24, 2.45) is 5.73 Å². The van der Waals surface area contributed by atoms with Gasteiger partial charge in [0, 0.05) is 16.9 Å². The molecule has 19 heavy (non-hydrogen) atoms. The molecule has 8 heteroatoms. The van der Waals surface area contributed by atoms with Crippen LogP contribution in [0.25, 0.3) is 0 Å². The van der Waals surface area contributed by atoms with Crippen molar-refractivity contribution >= 4 is 29.3 Å². The molecule has 0 saturated carbocycles. The maximum absolute atomic E-state index is 11.0. The summed E-state index contributed by atoms with van der Waals surface area (Å²) in [6.07, 6.45) is -0.136.